The van der Waals surface area contributed by atoms with Gasteiger partial charge in [-0.15, -0.1) is 0 Å². The molecule has 0 aliphatic heterocycles. The van der Waals surface area contributed by atoms with Crippen LogP contribution in [-0.2, 0) is 9.53 Å². The van der Waals surface area contributed by atoms with Crippen LogP contribution in [-0.4, -0.2) is 24.3 Å². The van der Waals surface area contributed by atoms with Crippen molar-refractivity contribution in [2.75, 3.05) is 13.2 Å². The summed E-state index contributed by atoms with van der Waals surface area (Å²) in [6.07, 6.45) is 1.69. The number of hydrogen-bond acceptors (Lipinski definition) is 4. The molecule has 1 N–H and O–H groups in total. The van der Waals surface area contributed by atoms with Gasteiger partial charge in [0.15, 0.2) is 11.5 Å². The predicted molar refractivity (Wildman–Crippen MR) is 69.6 cm³/mol. The van der Waals surface area contributed by atoms with Crippen LogP contribution in [0.3, 0.4) is 0 Å². The third-order valence-electron chi connectivity index (χ3n) is 2.26. The van der Waals surface area contributed by atoms with Crippen LogP contribution in [0.25, 0.3) is 6.08 Å². The minimum absolute atomic E-state index is 0.0859. The van der Waals surface area contributed by atoms with E-state index in [0.717, 1.165) is 5.56 Å². The van der Waals surface area contributed by atoms with Gasteiger partial charge in [0.25, 0.3) is 0 Å². The fourth-order valence-corrected chi connectivity index (χ4v) is 1.45. The number of phenolic OH excluding ortho intramolecular Hbond substituents is 1. The minimum Gasteiger partial charge on any atom is -0.504 e. The molecule has 0 amide bonds. The number of esters is 1. The second kappa shape index (κ2) is 6.69. The quantitative estimate of drug-likeness (QED) is 0.645. The van der Waals surface area contributed by atoms with Crippen LogP contribution in [0.1, 0.15) is 26.3 Å². The Kier molecular flexibility index (Phi) is 5.24. The Morgan fingerprint density at radius 2 is 2.06 bits per heavy atom. The van der Waals surface area contributed by atoms with Crippen LogP contribution in [0.15, 0.2) is 23.8 Å². The highest BCUT2D eigenvalue weighted by Crippen LogP contribution is 2.27. The van der Waals surface area contributed by atoms with Gasteiger partial charge in [-0.2, -0.15) is 0 Å². The first-order valence-electron chi connectivity index (χ1n) is 5.89. The molecule has 0 radical (unpaired) electrons. The fraction of sp³-hybridized carbons (Fsp3) is 0.357. The van der Waals surface area contributed by atoms with Crippen molar-refractivity contribution in [1.82, 2.24) is 0 Å². The van der Waals surface area contributed by atoms with Gasteiger partial charge in [-0.05, 0) is 44.5 Å². The van der Waals surface area contributed by atoms with Gasteiger partial charge in [0.05, 0.1) is 13.2 Å². The summed E-state index contributed by atoms with van der Waals surface area (Å²) in [5.41, 5.74) is 1.28. The Bertz CT molecular complexity index is 449. The molecular weight excluding hydrogens is 232 g/mol. The molecule has 0 fully saturated rings. The SMILES string of the molecule is CCOC(=O)/C(C)=C/c1ccc(O)c(OCC)c1. The maximum absolute atomic E-state index is 11.5. The van der Waals surface area contributed by atoms with Crippen molar-refractivity contribution in [3.05, 3.63) is 29.3 Å². The maximum Gasteiger partial charge on any atom is 0.333 e. The number of rotatable bonds is 5. The first kappa shape index (κ1) is 14.1. The van der Waals surface area contributed by atoms with Crippen LogP contribution in [0, 0.1) is 0 Å². The Morgan fingerprint density at radius 1 is 1.33 bits per heavy atom. The van der Waals surface area contributed by atoms with Crippen LogP contribution >= 0.6 is 0 Å². The third-order valence-corrected chi connectivity index (χ3v) is 2.26. The monoisotopic (exact) mass is 250 g/mol. The van der Waals surface area contributed by atoms with E-state index in [9.17, 15) is 9.90 Å². The number of aromatic hydroxyl groups is 1. The largest absolute Gasteiger partial charge is 0.504 e. The molecule has 0 atom stereocenters. The molecular formula is C14H18O4. The standard InChI is InChI=1S/C14H18O4/c1-4-17-13-9-11(6-7-12(13)15)8-10(3)14(16)18-5-2/h6-9,15H,4-5H2,1-3H3/b10-8+. The van der Waals surface area contributed by atoms with Crippen LogP contribution in [0.2, 0.25) is 0 Å². The number of carbonyl (C=O) groups excluding carboxylic acids is 1. The van der Waals surface area contributed by atoms with Crippen molar-refractivity contribution in [2.45, 2.75) is 20.8 Å². The molecule has 0 aliphatic carbocycles. The molecule has 0 saturated carbocycles. The summed E-state index contributed by atoms with van der Waals surface area (Å²) >= 11 is 0. The molecule has 4 heteroatoms. The van der Waals surface area contributed by atoms with Crippen molar-refractivity contribution in [3.63, 3.8) is 0 Å². The number of carbonyl (C=O) groups is 1. The number of phenols is 1. The molecule has 0 spiro atoms. The summed E-state index contributed by atoms with van der Waals surface area (Å²) in [7, 11) is 0. The van der Waals surface area contributed by atoms with Crippen LogP contribution in [0.5, 0.6) is 11.5 Å². The minimum atomic E-state index is -0.344. The summed E-state index contributed by atoms with van der Waals surface area (Å²) in [6, 6.07) is 4.93. The van der Waals surface area contributed by atoms with Crippen molar-refractivity contribution in [2.24, 2.45) is 0 Å². The second-order valence-electron chi connectivity index (χ2n) is 3.71. The molecule has 0 heterocycles. The first-order chi connectivity index (χ1) is 8.58. The van der Waals surface area contributed by atoms with Gasteiger partial charge in [0, 0.05) is 5.57 Å². The van der Waals surface area contributed by atoms with Crippen molar-refractivity contribution < 1.29 is 19.4 Å². The lowest BCUT2D eigenvalue weighted by molar-refractivity contribution is -0.138. The van der Waals surface area contributed by atoms with Crippen molar-refractivity contribution in [1.29, 1.82) is 0 Å². The van der Waals surface area contributed by atoms with Gasteiger partial charge in [-0.1, -0.05) is 6.07 Å². The van der Waals surface area contributed by atoms with E-state index in [-0.39, 0.29) is 11.7 Å². The zero-order valence-corrected chi connectivity index (χ0v) is 10.9. The Hall–Kier alpha value is -1.97. The van der Waals surface area contributed by atoms with E-state index in [1.807, 2.05) is 6.92 Å². The summed E-state index contributed by atoms with van der Waals surface area (Å²) in [5.74, 6) is 0.147. The Morgan fingerprint density at radius 3 is 2.67 bits per heavy atom. The topological polar surface area (TPSA) is 55.8 Å². The van der Waals surface area contributed by atoms with E-state index in [4.69, 9.17) is 9.47 Å². The average molecular weight is 250 g/mol. The molecule has 98 valence electrons. The lowest BCUT2D eigenvalue weighted by Crippen LogP contribution is -2.04. The molecule has 0 unspecified atom stereocenters. The van der Waals surface area contributed by atoms with E-state index in [1.165, 1.54) is 6.07 Å². The second-order valence-corrected chi connectivity index (χ2v) is 3.71. The lowest BCUT2D eigenvalue weighted by Gasteiger charge is -2.07. The van der Waals surface area contributed by atoms with Gasteiger partial charge < -0.3 is 14.6 Å². The third kappa shape index (κ3) is 3.80. The molecule has 0 aromatic heterocycles. The Labute approximate surface area is 107 Å². The molecule has 4 nitrogen and oxygen atoms in total. The van der Waals surface area contributed by atoms with Gasteiger partial charge in [-0.3, -0.25) is 0 Å². The normalized spacial score (nSPS) is 11.2. The number of ether oxygens (including phenoxy) is 2. The number of benzene rings is 1. The Balaban J connectivity index is 2.93. The smallest absolute Gasteiger partial charge is 0.333 e. The van der Waals surface area contributed by atoms with Gasteiger partial charge >= 0.3 is 5.97 Å². The highest BCUT2D eigenvalue weighted by Gasteiger charge is 2.06. The molecule has 1 aromatic rings. The summed E-state index contributed by atoms with van der Waals surface area (Å²) in [5, 5.41) is 9.56. The average Bonchev–Trinajstić information content (AvgIpc) is 2.34. The molecule has 1 rings (SSSR count). The molecule has 0 bridgehead atoms. The zero-order valence-electron chi connectivity index (χ0n) is 10.9. The first-order valence-corrected chi connectivity index (χ1v) is 5.89. The highest BCUT2D eigenvalue weighted by atomic mass is 16.5. The van der Waals surface area contributed by atoms with E-state index in [0.29, 0.717) is 24.5 Å². The molecule has 0 aliphatic rings. The van der Waals surface area contributed by atoms with E-state index in [1.54, 1.807) is 32.1 Å². The van der Waals surface area contributed by atoms with Gasteiger partial charge in [0.1, 0.15) is 0 Å². The van der Waals surface area contributed by atoms with E-state index in [2.05, 4.69) is 0 Å². The van der Waals surface area contributed by atoms with Gasteiger partial charge in [0.2, 0.25) is 0 Å². The molecule has 1 aromatic carbocycles. The van der Waals surface area contributed by atoms with Crippen LogP contribution in [0.4, 0.5) is 0 Å². The van der Waals surface area contributed by atoms with Crippen molar-refractivity contribution >= 4 is 12.0 Å². The molecule has 0 saturated heterocycles. The van der Waals surface area contributed by atoms with E-state index < -0.39 is 0 Å². The maximum atomic E-state index is 11.5. The van der Waals surface area contributed by atoms with Crippen molar-refractivity contribution in [3.8, 4) is 11.5 Å². The fourth-order valence-electron chi connectivity index (χ4n) is 1.45. The summed E-state index contributed by atoms with van der Waals surface area (Å²) < 4.78 is 10.2. The predicted octanol–water partition coefficient (Wildman–Crippen LogP) is 2.76. The van der Waals surface area contributed by atoms with Crippen LogP contribution < -0.4 is 4.74 Å². The molecule has 18 heavy (non-hydrogen) atoms. The lowest BCUT2D eigenvalue weighted by atomic mass is 10.1. The summed E-state index contributed by atoms with van der Waals surface area (Å²) in [6.45, 7) is 6.11. The van der Waals surface area contributed by atoms with E-state index >= 15 is 0 Å². The highest BCUT2D eigenvalue weighted by molar-refractivity contribution is 5.93. The zero-order chi connectivity index (χ0) is 13.5. The van der Waals surface area contributed by atoms with Gasteiger partial charge in [-0.25, -0.2) is 4.79 Å². The number of hydrogen-bond donors (Lipinski definition) is 1. The summed E-state index contributed by atoms with van der Waals surface area (Å²) in [4.78, 5) is 11.5.